The number of benzene rings is 2. The molecule has 2 aliphatic rings. The zero-order valence-electron chi connectivity index (χ0n) is 15.8. The number of ketones is 2. The smallest absolute Gasteiger partial charge is 0.296 e. The minimum Gasteiger partial charge on any atom is -0.495 e. The average molecular weight is 426 g/mol. The summed E-state index contributed by atoms with van der Waals surface area (Å²) < 4.78 is 38.9. The van der Waals surface area contributed by atoms with E-state index in [-0.39, 0.29) is 28.3 Å². The normalized spacial score (nSPS) is 20.9. The fourth-order valence-electron chi connectivity index (χ4n) is 3.90. The monoisotopic (exact) mass is 426 g/mol. The third-order valence-corrected chi connectivity index (χ3v) is 6.17. The highest BCUT2D eigenvalue weighted by molar-refractivity contribution is 7.90. The van der Waals surface area contributed by atoms with Gasteiger partial charge < -0.3 is 15.8 Å². The number of fused-ring (bicyclic) bond motifs is 2. The first-order valence-corrected chi connectivity index (χ1v) is 10.4. The Morgan fingerprint density at radius 2 is 1.53 bits per heavy atom. The summed E-state index contributed by atoms with van der Waals surface area (Å²) in [5.74, 6) is -2.74. The highest BCUT2D eigenvalue weighted by atomic mass is 32.2. The van der Waals surface area contributed by atoms with E-state index in [9.17, 15) is 22.6 Å². The molecule has 0 amide bonds. The molecule has 154 valence electrons. The summed E-state index contributed by atoms with van der Waals surface area (Å²) in [6, 6.07) is 13.1. The number of allylic oxidation sites excluding steroid dienone is 3. The fraction of sp³-hybridized carbons (Fsp3) is 0.143. The molecule has 9 heteroatoms. The van der Waals surface area contributed by atoms with Gasteiger partial charge in [0.15, 0.2) is 11.6 Å². The average Bonchev–Trinajstić information content (AvgIpc) is 2.72. The molecule has 0 bridgehead atoms. The van der Waals surface area contributed by atoms with Crippen LogP contribution in [0.2, 0.25) is 0 Å². The summed E-state index contributed by atoms with van der Waals surface area (Å²) in [5.41, 5.74) is 6.64. The minimum absolute atomic E-state index is 0.124. The molecular formula is C21H18N2O6S. The van der Waals surface area contributed by atoms with Gasteiger partial charge in [-0.2, -0.15) is 8.42 Å². The Kier molecular flexibility index (Phi) is 4.71. The van der Waals surface area contributed by atoms with E-state index in [1.54, 1.807) is 42.5 Å². The van der Waals surface area contributed by atoms with E-state index in [2.05, 4.69) is 5.32 Å². The van der Waals surface area contributed by atoms with Gasteiger partial charge in [-0.3, -0.25) is 14.1 Å². The number of Topliss-reactive ketones (excluding diaryl/α,β-unsaturated/α-hetero) is 2. The highest BCUT2D eigenvalue weighted by Crippen LogP contribution is 2.43. The lowest BCUT2D eigenvalue weighted by Gasteiger charge is -2.36. The van der Waals surface area contributed by atoms with Crippen LogP contribution in [0, 0.1) is 11.8 Å². The summed E-state index contributed by atoms with van der Waals surface area (Å²) in [7, 11) is -3.28. The molecule has 4 rings (SSSR count). The van der Waals surface area contributed by atoms with Gasteiger partial charge in [0, 0.05) is 22.5 Å². The maximum atomic E-state index is 13.3. The van der Waals surface area contributed by atoms with Crippen LogP contribution in [0.4, 0.5) is 5.69 Å². The quantitative estimate of drug-likeness (QED) is 0.634. The van der Waals surface area contributed by atoms with Gasteiger partial charge in [0.25, 0.3) is 10.1 Å². The lowest BCUT2D eigenvalue weighted by molar-refractivity contribution is 0.0785. The van der Waals surface area contributed by atoms with E-state index in [1.807, 2.05) is 0 Å². The molecule has 0 aliphatic heterocycles. The van der Waals surface area contributed by atoms with Crippen molar-refractivity contribution in [1.29, 1.82) is 0 Å². The number of hydrogen-bond donors (Lipinski definition) is 3. The van der Waals surface area contributed by atoms with Gasteiger partial charge in [0.05, 0.1) is 24.6 Å². The molecule has 2 atom stereocenters. The number of nitrogens with one attached hydrogen (secondary N) is 1. The Balaban J connectivity index is 1.92. The first-order valence-electron chi connectivity index (χ1n) is 9.00. The van der Waals surface area contributed by atoms with Crippen molar-refractivity contribution in [3.8, 4) is 5.75 Å². The van der Waals surface area contributed by atoms with Crippen LogP contribution in [0.25, 0.3) is 0 Å². The molecular weight excluding hydrogens is 408 g/mol. The van der Waals surface area contributed by atoms with E-state index >= 15 is 0 Å². The van der Waals surface area contributed by atoms with Gasteiger partial charge in [-0.1, -0.05) is 36.4 Å². The second-order valence-electron chi connectivity index (χ2n) is 6.95. The number of anilines is 1. The molecule has 0 aromatic heterocycles. The lowest BCUT2D eigenvalue weighted by atomic mass is 9.69. The second kappa shape index (κ2) is 7.12. The first-order chi connectivity index (χ1) is 14.2. The number of para-hydroxylation sites is 2. The maximum absolute atomic E-state index is 13.3. The molecule has 2 aliphatic carbocycles. The third-order valence-electron chi connectivity index (χ3n) is 5.26. The van der Waals surface area contributed by atoms with Gasteiger partial charge in [-0.15, -0.1) is 0 Å². The van der Waals surface area contributed by atoms with Gasteiger partial charge in [0.2, 0.25) is 0 Å². The predicted molar refractivity (Wildman–Crippen MR) is 110 cm³/mol. The molecule has 0 fully saturated rings. The Morgan fingerprint density at radius 3 is 2.13 bits per heavy atom. The standard InChI is InChI=1S/C21H18N2O6S/c1-29-15-9-5-4-8-13(15)23-14-10-16(30(26,27)28)19(22)18-17(14)20(24)11-6-2-3-7-12(11)21(18)25/h2-10,17-18,23H,22H2,1H3,(H,26,27,28). The first kappa shape index (κ1) is 19.9. The highest BCUT2D eigenvalue weighted by Gasteiger charge is 2.48. The van der Waals surface area contributed by atoms with Gasteiger partial charge in [0.1, 0.15) is 10.7 Å². The summed E-state index contributed by atoms with van der Waals surface area (Å²) in [5, 5.41) is 3.00. The molecule has 30 heavy (non-hydrogen) atoms. The molecule has 2 aromatic rings. The van der Waals surface area contributed by atoms with Crippen molar-refractivity contribution in [3.63, 3.8) is 0 Å². The molecule has 0 heterocycles. The van der Waals surface area contributed by atoms with Crippen LogP contribution in [-0.2, 0) is 10.1 Å². The summed E-state index contributed by atoms with van der Waals surface area (Å²) in [4.78, 5) is 25.9. The third kappa shape index (κ3) is 3.08. The van der Waals surface area contributed by atoms with E-state index in [0.717, 1.165) is 6.08 Å². The van der Waals surface area contributed by atoms with Crippen LogP contribution < -0.4 is 15.8 Å². The zero-order valence-corrected chi connectivity index (χ0v) is 16.6. The Labute approximate surface area is 172 Å². The summed E-state index contributed by atoms with van der Waals surface area (Å²) in [6.07, 6.45) is 1.09. The van der Waals surface area contributed by atoms with Crippen molar-refractivity contribution in [3.05, 3.63) is 82.0 Å². The molecule has 4 N–H and O–H groups in total. The second-order valence-corrected chi connectivity index (χ2v) is 8.34. The van der Waals surface area contributed by atoms with Crippen LogP contribution in [-0.4, -0.2) is 31.6 Å². The van der Waals surface area contributed by atoms with Crippen molar-refractivity contribution >= 4 is 27.4 Å². The van der Waals surface area contributed by atoms with Crippen molar-refractivity contribution in [1.82, 2.24) is 0 Å². The molecule has 2 aromatic carbocycles. The Bertz CT molecular complexity index is 1250. The number of carbonyl (C=O) groups is 2. The van der Waals surface area contributed by atoms with Crippen molar-refractivity contribution in [2.24, 2.45) is 17.6 Å². The number of hydrogen-bond acceptors (Lipinski definition) is 7. The molecule has 0 saturated carbocycles. The van der Waals surface area contributed by atoms with Crippen molar-refractivity contribution < 1.29 is 27.3 Å². The fourth-order valence-corrected chi connectivity index (χ4v) is 4.60. The van der Waals surface area contributed by atoms with Crippen LogP contribution in [0.3, 0.4) is 0 Å². The Hall–Kier alpha value is -3.43. The van der Waals surface area contributed by atoms with Crippen molar-refractivity contribution in [2.45, 2.75) is 0 Å². The number of carbonyl (C=O) groups excluding carboxylic acids is 2. The summed E-state index contributed by atoms with van der Waals surface area (Å²) >= 11 is 0. The summed E-state index contributed by atoms with van der Waals surface area (Å²) in [6.45, 7) is 0. The van der Waals surface area contributed by atoms with Gasteiger partial charge in [-0.25, -0.2) is 0 Å². The van der Waals surface area contributed by atoms with Crippen LogP contribution in [0.5, 0.6) is 5.75 Å². The van der Waals surface area contributed by atoms with E-state index in [4.69, 9.17) is 10.5 Å². The van der Waals surface area contributed by atoms with Crippen molar-refractivity contribution in [2.75, 3.05) is 12.4 Å². The van der Waals surface area contributed by atoms with Crippen LogP contribution in [0.1, 0.15) is 20.7 Å². The van der Waals surface area contributed by atoms with Crippen LogP contribution in [0.15, 0.2) is 70.9 Å². The maximum Gasteiger partial charge on any atom is 0.296 e. The molecule has 2 unspecified atom stereocenters. The molecule has 0 spiro atoms. The van der Waals surface area contributed by atoms with E-state index < -0.39 is 32.6 Å². The molecule has 0 radical (unpaired) electrons. The van der Waals surface area contributed by atoms with E-state index in [0.29, 0.717) is 11.4 Å². The van der Waals surface area contributed by atoms with Crippen LogP contribution >= 0.6 is 0 Å². The number of ether oxygens (including phenoxy) is 1. The molecule has 0 saturated heterocycles. The van der Waals surface area contributed by atoms with E-state index in [1.165, 1.54) is 13.2 Å². The number of nitrogens with two attached hydrogens (primary N) is 1. The minimum atomic E-state index is -4.74. The zero-order chi connectivity index (χ0) is 21.6. The predicted octanol–water partition coefficient (Wildman–Crippen LogP) is 2.37. The SMILES string of the molecule is COc1ccccc1NC1=CC(S(=O)(=O)O)=C(N)C2C(=O)c3ccccc3C(=O)C12. The van der Waals surface area contributed by atoms with Gasteiger partial charge >= 0.3 is 0 Å². The number of methoxy groups -OCH3 is 1. The lowest BCUT2D eigenvalue weighted by Crippen LogP contribution is -2.44. The largest absolute Gasteiger partial charge is 0.495 e. The number of rotatable bonds is 4. The topological polar surface area (TPSA) is 136 Å². The van der Waals surface area contributed by atoms with Gasteiger partial charge in [-0.05, 0) is 18.2 Å². The molecule has 8 nitrogen and oxygen atoms in total. The Morgan fingerprint density at radius 1 is 0.967 bits per heavy atom.